The van der Waals surface area contributed by atoms with E-state index in [2.05, 4.69) is 5.32 Å². The van der Waals surface area contributed by atoms with Gasteiger partial charge >= 0.3 is 12.0 Å². The van der Waals surface area contributed by atoms with Crippen molar-refractivity contribution in [2.45, 2.75) is 24.5 Å². The van der Waals surface area contributed by atoms with Gasteiger partial charge in [0.15, 0.2) is 0 Å². The summed E-state index contributed by atoms with van der Waals surface area (Å²) in [7, 11) is 0. The van der Waals surface area contributed by atoms with E-state index >= 15 is 0 Å². The van der Waals surface area contributed by atoms with Crippen LogP contribution in [0.4, 0.5) is 10.5 Å². The SMILES string of the molecule is O=C(O)c1ccc2c(c1)N(C(=O)NCC1CCCS1)CC2. The number of thioether (sulfide) groups is 1. The molecule has 2 N–H and O–H groups in total. The largest absolute Gasteiger partial charge is 0.478 e. The first-order chi connectivity index (χ1) is 10.1. The van der Waals surface area contributed by atoms with Gasteiger partial charge in [-0.15, -0.1) is 0 Å². The van der Waals surface area contributed by atoms with Crippen molar-refractivity contribution in [3.63, 3.8) is 0 Å². The summed E-state index contributed by atoms with van der Waals surface area (Å²) >= 11 is 1.91. The third kappa shape index (κ3) is 3.00. The second kappa shape index (κ2) is 5.97. The summed E-state index contributed by atoms with van der Waals surface area (Å²) in [6.07, 6.45) is 3.16. The van der Waals surface area contributed by atoms with Crippen LogP contribution in [0.1, 0.15) is 28.8 Å². The number of carbonyl (C=O) groups is 2. The van der Waals surface area contributed by atoms with Crippen molar-refractivity contribution in [3.05, 3.63) is 29.3 Å². The molecule has 5 nitrogen and oxygen atoms in total. The average molecular weight is 306 g/mol. The highest BCUT2D eigenvalue weighted by molar-refractivity contribution is 8.00. The van der Waals surface area contributed by atoms with E-state index in [4.69, 9.17) is 5.11 Å². The number of nitrogens with one attached hydrogen (secondary N) is 1. The van der Waals surface area contributed by atoms with Crippen LogP contribution in [-0.4, -0.2) is 41.2 Å². The number of urea groups is 1. The Morgan fingerprint density at radius 3 is 3.00 bits per heavy atom. The Balaban J connectivity index is 1.68. The fourth-order valence-corrected chi connectivity index (χ4v) is 4.03. The molecule has 1 unspecified atom stereocenters. The summed E-state index contributed by atoms with van der Waals surface area (Å²) in [5.41, 5.74) is 1.98. The number of hydrogen-bond acceptors (Lipinski definition) is 3. The van der Waals surface area contributed by atoms with Crippen molar-refractivity contribution in [1.29, 1.82) is 0 Å². The minimum Gasteiger partial charge on any atom is -0.478 e. The van der Waals surface area contributed by atoms with Crippen LogP contribution in [0.25, 0.3) is 0 Å². The van der Waals surface area contributed by atoms with E-state index < -0.39 is 5.97 Å². The van der Waals surface area contributed by atoms with Crippen LogP contribution in [0.2, 0.25) is 0 Å². The molecule has 1 fully saturated rings. The summed E-state index contributed by atoms with van der Waals surface area (Å²) in [6, 6.07) is 4.87. The smallest absolute Gasteiger partial charge is 0.335 e. The van der Waals surface area contributed by atoms with Gasteiger partial charge in [0.2, 0.25) is 0 Å². The maximum atomic E-state index is 12.3. The summed E-state index contributed by atoms with van der Waals surface area (Å²) < 4.78 is 0. The fraction of sp³-hybridized carbons (Fsp3) is 0.467. The third-order valence-corrected chi connectivity index (χ3v) is 5.38. The summed E-state index contributed by atoms with van der Waals surface area (Å²) in [5.74, 6) is 0.210. The van der Waals surface area contributed by atoms with Crippen molar-refractivity contribution in [2.24, 2.45) is 0 Å². The number of amides is 2. The lowest BCUT2D eigenvalue weighted by atomic mass is 10.1. The second-order valence-corrected chi connectivity index (χ2v) is 6.78. The molecule has 1 saturated heterocycles. The van der Waals surface area contributed by atoms with Gasteiger partial charge in [-0.05, 0) is 42.7 Å². The molecule has 2 amide bonds. The zero-order chi connectivity index (χ0) is 14.8. The Bertz CT molecular complexity index is 570. The van der Waals surface area contributed by atoms with Crippen molar-refractivity contribution in [1.82, 2.24) is 5.32 Å². The summed E-state index contributed by atoms with van der Waals surface area (Å²) in [5, 5.41) is 12.6. The number of rotatable bonds is 3. The molecule has 21 heavy (non-hydrogen) atoms. The van der Waals surface area contributed by atoms with Crippen LogP contribution in [0.3, 0.4) is 0 Å². The number of carboxylic acid groups (broad SMARTS) is 1. The van der Waals surface area contributed by atoms with E-state index in [9.17, 15) is 9.59 Å². The molecule has 112 valence electrons. The van der Waals surface area contributed by atoms with E-state index in [1.54, 1.807) is 23.1 Å². The van der Waals surface area contributed by atoms with E-state index in [1.165, 1.54) is 12.2 Å². The van der Waals surface area contributed by atoms with Crippen molar-refractivity contribution < 1.29 is 14.7 Å². The first-order valence-electron chi connectivity index (χ1n) is 7.18. The number of carbonyl (C=O) groups excluding carboxylic acids is 1. The van der Waals surface area contributed by atoms with E-state index in [-0.39, 0.29) is 11.6 Å². The molecule has 1 atom stereocenters. The molecule has 1 aromatic rings. The molecule has 0 radical (unpaired) electrons. The molecule has 0 aromatic heterocycles. The van der Waals surface area contributed by atoms with E-state index in [0.29, 0.717) is 18.3 Å². The van der Waals surface area contributed by atoms with Gasteiger partial charge in [0.25, 0.3) is 0 Å². The predicted molar refractivity (Wildman–Crippen MR) is 83.3 cm³/mol. The van der Waals surface area contributed by atoms with Gasteiger partial charge in [-0.2, -0.15) is 11.8 Å². The molecule has 2 aliphatic rings. The Kier molecular flexibility index (Phi) is 4.05. The number of carboxylic acids is 1. The van der Waals surface area contributed by atoms with Gasteiger partial charge in [0.1, 0.15) is 0 Å². The average Bonchev–Trinajstić information content (AvgIpc) is 3.13. The highest BCUT2D eigenvalue weighted by Gasteiger charge is 2.26. The van der Waals surface area contributed by atoms with Gasteiger partial charge in [-0.25, -0.2) is 9.59 Å². The molecule has 6 heteroatoms. The molecule has 0 bridgehead atoms. The number of benzene rings is 1. The first kappa shape index (κ1) is 14.3. The van der Waals surface area contributed by atoms with E-state index in [0.717, 1.165) is 24.1 Å². The molecule has 1 aromatic carbocycles. The van der Waals surface area contributed by atoms with Crippen LogP contribution in [0.5, 0.6) is 0 Å². The monoisotopic (exact) mass is 306 g/mol. The minimum absolute atomic E-state index is 0.121. The maximum absolute atomic E-state index is 12.3. The third-order valence-electron chi connectivity index (χ3n) is 3.98. The molecule has 2 aliphatic heterocycles. The topological polar surface area (TPSA) is 69.6 Å². The number of nitrogens with zero attached hydrogens (tertiary/aromatic N) is 1. The molecular weight excluding hydrogens is 288 g/mol. The first-order valence-corrected chi connectivity index (χ1v) is 8.23. The standard InChI is InChI=1S/C15H18N2O3S/c18-14(19)11-4-3-10-5-6-17(13(10)8-11)15(20)16-9-12-2-1-7-21-12/h3-4,8,12H,1-2,5-7,9H2,(H,16,20)(H,18,19). The van der Waals surface area contributed by atoms with Crippen LogP contribution in [-0.2, 0) is 6.42 Å². The second-order valence-electron chi connectivity index (χ2n) is 5.37. The maximum Gasteiger partial charge on any atom is 0.335 e. The Hall–Kier alpha value is -1.69. The van der Waals surface area contributed by atoms with Crippen LogP contribution >= 0.6 is 11.8 Å². The zero-order valence-electron chi connectivity index (χ0n) is 11.7. The Morgan fingerprint density at radius 2 is 2.29 bits per heavy atom. The molecule has 2 heterocycles. The van der Waals surface area contributed by atoms with Gasteiger partial charge in [0, 0.05) is 24.0 Å². The van der Waals surface area contributed by atoms with Crippen molar-refractivity contribution in [2.75, 3.05) is 23.7 Å². The van der Waals surface area contributed by atoms with Gasteiger partial charge in [-0.1, -0.05) is 6.07 Å². The van der Waals surface area contributed by atoms with E-state index in [1.807, 2.05) is 11.8 Å². The normalized spacial score (nSPS) is 20.4. The van der Waals surface area contributed by atoms with Crippen LogP contribution in [0.15, 0.2) is 18.2 Å². The molecular formula is C15H18N2O3S. The highest BCUT2D eigenvalue weighted by Crippen LogP contribution is 2.29. The summed E-state index contributed by atoms with van der Waals surface area (Å²) in [4.78, 5) is 25.0. The lowest BCUT2D eigenvalue weighted by Crippen LogP contribution is -2.41. The lowest BCUT2D eigenvalue weighted by Gasteiger charge is -2.19. The fourth-order valence-electron chi connectivity index (χ4n) is 2.83. The van der Waals surface area contributed by atoms with Crippen molar-refractivity contribution in [3.8, 4) is 0 Å². The molecule has 3 rings (SSSR count). The predicted octanol–water partition coefficient (Wildman–Crippen LogP) is 2.35. The molecule has 0 spiro atoms. The Morgan fingerprint density at radius 1 is 1.43 bits per heavy atom. The van der Waals surface area contributed by atoms with Gasteiger partial charge in [0.05, 0.1) is 5.56 Å². The van der Waals surface area contributed by atoms with Crippen LogP contribution in [0, 0.1) is 0 Å². The highest BCUT2D eigenvalue weighted by atomic mass is 32.2. The Labute approximate surface area is 127 Å². The number of aromatic carboxylic acids is 1. The van der Waals surface area contributed by atoms with Crippen LogP contribution < -0.4 is 10.2 Å². The minimum atomic E-state index is -0.965. The summed E-state index contributed by atoms with van der Waals surface area (Å²) in [6.45, 7) is 1.30. The number of anilines is 1. The zero-order valence-corrected chi connectivity index (χ0v) is 12.5. The van der Waals surface area contributed by atoms with Crippen molar-refractivity contribution >= 4 is 29.4 Å². The quantitative estimate of drug-likeness (QED) is 0.899. The molecule has 0 saturated carbocycles. The van der Waals surface area contributed by atoms with Gasteiger partial charge in [-0.3, -0.25) is 4.90 Å². The molecule has 0 aliphatic carbocycles. The number of hydrogen-bond donors (Lipinski definition) is 2. The number of fused-ring (bicyclic) bond motifs is 1. The van der Waals surface area contributed by atoms with Gasteiger partial charge < -0.3 is 10.4 Å². The lowest BCUT2D eigenvalue weighted by molar-refractivity contribution is 0.0697.